The van der Waals surface area contributed by atoms with E-state index in [0.29, 0.717) is 18.4 Å². The number of aliphatic carboxylic acids is 1. The van der Waals surface area contributed by atoms with Crippen molar-refractivity contribution in [3.8, 4) is 0 Å². The van der Waals surface area contributed by atoms with E-state index >= 15 is 0 Å². The first-order valence-corrected chi connectivity index (χ1v) is 9.33. The molecular formula is C16H23NO5S. The van der Waals surface area contributed by atoms with E-state index in [1.165, 1.54) is 19.1 Å². The van der Waals surface area contributed by atoms with Crippen molar-refractivity contribution < 1.29 is 23.1 Å². The van der Waals surface area contributed by atoms with Crippen LogP contribution in [0.3, 0.4) is 0 Å². The molecule has 6 nitrogen and oxygen atoms in total. The highest BCUT2D eigenvalue weighted by Gasteiger charge is 2.34. The lowest BCUT2D eigenvalue weighted by Crippen LogP contribution is -2.52. The zero-order valence-electron chi connectivity index (χ0n) is 13.8. The van der Waals surface area contributed by atoms with Crippen molar-refractivity contribution in [1.29, 1.82) is 0 Å². The first-order valence-electron chi connectivity index (χ1n) is 7.44. The Morgan fingerprint density at radius 2 is 1.87 bits per heavy atom. The molecule has 0 heterocycles. The minimum absolute atomic E-state index is 0.0346. The number of hydrogen-bond donors (Lipinski definition) is 2. The Hall–Kier alpha value is -1.89. The van der Waals surface area contributed by atoms with E-state index in [2.05, 4.69) is 5.32 Å². The number of carboxylic acids is 1. The minimum atomic E-state index is -3.45. The van der Waals surface area contributed by atoms with Crippen LogP contribution in [-0.4, -0.2) is 37.2 Å². The highest BCUT2D eigenvalue weighted by molar-refractivity contribution is 7.90. The molecule has 0 spiro atoms. The van der Waals surface area contributed by atoms with Crippen molar-refractivity contribution in [1.82, 2.24) is 5.32 Å². The van der Waals surface area contributed by atoms with E-state index < -0.39 is 27.3 Å². The molecule has 0 aliphatic heterocycles. The lowest BCUT2D eigenvalue weighted by Gasteiger charge is -2.26. The van der Waals surface area contributed by atoms with E-state index in [9.17, 15) is 23.1 Å². The average Bonchev–Trinajstić information content (AvgIpc) is 2.45. The third kappa shape index (κ3) is 4.54. The zero-order chi connectivity index (χ0) is 17.8. The fourth-order valence-corrected chi connectivity index (χ4v) is 2.99. The maximum atomic E-state index is 12.5. The summed E-state index contributed by atoms with van der Waals surface area (Å²) in [6.07, 6.45) is 2.47. The molecule has 0 aromatic heterocycles. The zero-order valence-corrected chi connectivity index (χ0v) is 14.7. The van der Waals surface area contributed by atoms with E-state index in [-0.39, 0.29) is 16.9 Å². The molecule has 7 heteroatoms. The Morgan fingerprint density at radius 1 is 1.26 bits per heavy atom. The van der Waals surface area contributed by atoms with Crippen LogP contribution in [0.4, 0.5) is 0 Å². The van der Waals surface area contributed by atoms with Crippen LogP contribution in [0.1, 0.15) is 49.5 Å². The molecule has 23 heavy (non-hydrogen) atoms. The van der Waals surface area contributed by atoms with Gasteiger partial charge in [0.1, 0.15) is 5.54 Å². The van der Waals surface area contributed by atoms with Crippen LogP contribution in [0.5, 0.6) is 0 Å². The van der Waals surface area contributed by atoms with Gasteiger partial charge in [0.15, 0.2) is 9.84 Å². The van der Waals surface area contributed by atoms with E-state index in [0.717, 1.165) is 6.26 Å². The van der Waals surface area contributed by atoms with Crippen LogP contribution >= 0.6 is 0 Å². The van der Waals surface area contributed by atoms with Gasteiger partial charge < -0.3 is 10.4 Å². The molecule has 1 aromatic carbocycles. The fraction of sp³-hybridized carbons (Fsp3) is 0.500. The predicted molar refractivity (Wildman–Crippen MR) is 87.3 cm³/mol. The molecule has 1 rings (SSSR count). The summed E-state index contributed by atoms with van der Waals surface area (Å²) in [7, 11) is -3.45. The second-order valence-electron chi connectivity index (χ2n) is 5.79. The van der Waals surface area contributed by atoms with Crippen molar-refractivity contribution in [2.75, 3.05) is 6.26 Å². The summed E-state index contributed by atoms with van der Waals surface area (Å²) in [5.41, 5.74) is -0.532. The number of sulfone groups is 1. The molecule has 128 valence electrons. The molecule has 0 fully saturated rings. The van der Waals surface area contributed by atoms with Gasteiger partial charge in [-0.3, -0.25) is 4.79 Å². The van der Waals surface area contributed by atoms with Crippen LogP contribution in [0, 0.1) is 0 Å². The number of carbonyl (C=O) groups excluding carboxylic acids is 1. The molecule has 2 N–H and O–H groups in total. The molecule has 0 saturated carbocycles. The molecular weight excluding hydrogens is 318 g/mol. The third-order valence-corrected chi connectivity index (χ3v) is 4.86. The third-order valence-electron chi connectivity index (χ3n) is 3.75. The molecule has 0 radical (unpaired) electrons. The predicted octanol–water partition coefficient (Wildman–Crippen LogP) is 2.03. The van der Waals surface area contributed by atoms with Gasteiger partial charge in [-0.2, -0.15) is 0 Å². The number of benzene rings is 1. The summed E-state index contributed by atoms with van der Waals surface area (Å²) >= 11 is 0. The van der Waals surface area contributed by atoms with Crippen molar-refractivity contribution in [3.05, 3.63) is 29.3 Å². The van der Waals surface area contributed by atoms with Crippen LogP contribution in [-0.2, 0) is 21.1 Å². The number of hydrogen-bond acceptors (Lipinski definition) is 4. The monoisotopic (exact) mass is 341 g/mol. The van der Waals surface area contributed by atoms with Gasteiger partial charge in [-0.1, -0.05) is 26.3 Å². The topological polar surface area (TPSA) is 101 Å². The maximum absolute atomic E-state index is 12.5. The fourth-order valence-electron chi connectivity index (χ4n) is 2.35. The van der Waals surface area contributed by atoms with Gasteiger partial charge in [0.25, 0.3) is 5.91 Å². The van der Waals surface area contributed by atoms with E-state index in [1.807, 2.05) is 13.8 Å². The van der Waals surface area contributed by atoms with Gasteiger partial charge in [0, 0.05) is 11.8 Å². The SMILES string of the molecule is CCCC(C)(NC(=O)c1cc(S(C)(=O)=O)ccc1CC)C(=O)O. The normalized spacial score (nSPS) is 14.1. The molecule has 0 saturated heterocycles. The lowest BCUT2D eigenvalue weighted by molar-refractivity contribution is -0.144. The van der Waals surface area contributed by atoms with Crippen molar-refractivity contribution in [2.45, 2.75) is 50.5 Å². The molecule has 1 atom stereocenters. The van der Waals surface area contributed by atoms with Gasteiger partial charge in [-0.05, 0) is 37.5 Å². The molecule has 0 aliphatic rings. The number of carbonyl (C=O) groups is 2. The van der Waals surface area contributed by atoms with Crippen molar-refractivity contribution >= 4 is 21.7 Å². The Labute approximate surface area is 136 Å². The highest BCUT2D eigenvalue weighted by atomic mass is 32.2. The largest absolute Gasteiger partial charge is 0.480 e. The maximum Gasteiger partial charge on any atom is 0.329 e. The van der Waals surface area contributed by atoms with Gasteiger partial charge in [0.2, 0.25) is 0 Å². The summed E-state index contributed by atoms with van der Waals surface area (Å²) in [6.45, 7) is 5.12. The molecule has 1 unspecified atom stereocenters. The first-order chi connectivity index (χ1) is 10.5. The highest BCUT2D eigenvalue weighted by Crippen LogP contribution is 2.19. The number of amides is 1. The van der Waals surface area contributed by atoms with Crippen molar-refractivity contribution in [2.24, 2.45) is 0 Å². The van der Waals surface area contributed by atoms with Crippen LogP contribution in [0.15, 0.2) is 23.1 Å². The van der Waals surface area contributed by atoms with Gasteiger partial charge >= 0.3 is 5.97 Å². The molecule has 0 bridgehead atoms. The molecule has 0 aliphatic carbocycles. The molecule has 1 amide bonds. The standard InChI is InChI=1S/C16H23NO5S/c1-5-9-16(3,15(19)20)17-14(18)13-10-12(23(4,21)22)8-7-11(13)6-2/h7-8,10H,5-6,9H2,1-4H3,(H,17,18)(H,19,20). The van der Waals surface area contributed by atoms with Crippen LogP contribution in [0.25, 0.3) is 0 Å². The number of nitrogens with one attached hydrogen (secondary N) is 1. The average molecular weight is 341 g/mol. The number of carboxylic acid groups (broad SMARTS) is 1. The smallest absolute Gasteiger partial charge is 0.329 e. The Balaban J connectivity index is 3.28. The Kier molecular flexibility index (Phi) is 5.93. The summed E-state index contributed by atoms with van der Waals surface area (Å²) in [4.78, 5) is 24.0. The Morgan fingerprint density at radius 3 is 2.30 bits per heavy atom. The van der Waals surface area contributed by atoms with Crippen molar-refractivity contribution in [3.63, 3.8) is 0 Å². The first kappa shape index (κ1) is 19.2. The van der Waals surface area contributed by atoms with E-state index in [1.54, 1.807) is 6.07 Å². The lowest BCUT2D eigenvalue weighted by atomic mass is 9.95. The van der Waals surface area contributed by atoms with Gasteiger partial charge in [-0.15, -0.1) is 0 Å². The molecule has 1 aromatic rings. The van der Waals surface area contributed by atoms with Crippen LogP contribution < -0.4 is 5.32 Å². The minimum Gasteiger partial charge on any atom is -0.480 e. The Bertz CT molecular complexity index is 711. The second-order valence-corrected chi connectivity index (χ2v) is 7.80. The quantitative estimate of drug-likeness (QED) is 0.790. The van der Waals surface area contributed by atoms with Crippen LogP contribution in [0.2, 0.25) is 0 Å². The summed E-state index contributed by atoms with van der Waals surface area (Å²) < 4.78 is 23.4. The summed E-state index contributed by atoms with van der Waals surface area (Å²) in [6, 6.07) is 4.34. The second kappa shape index (κ2) is 7.12. The number of rotatable bonds is 7. The summed E-state index contributed by atoms with van der Waals surface area (Å²) in [5.74, 6) is -1.70. The van der Waals surface area contributed by atoms with E-state index in [4.69, 9.17) is 0 Å². The van der Waals surface area contributed by atoms with Gasteiger partial charge in [0.05, 0.1) is 4.90 Å². The summed E-state index contributed by atoms with van der Waals surface area (Å²) in [5, 5.41) is 11.9. The van der Waals surface area contributed by atoms with Gasteiger partial charge in [-0.25, -0.2) is 13.2 Å². The number of aryl methyl sites for hydroxylation is 1.